The van der Waals surface area contributed by atoms with E-state index in [0.29, 0.717) is 12.0 Å². The van der Waals surface area contributed by atoms with Gasteiger partial charge in [0, 0.05) is 13.0 Å². The minimum absolute atomic E-state index is 0.412. The summed E-state index contributed by atoms with van der Waals surface area (Å²) < 4.78 is 5.46. The molecule has 2 atom stereocenters. The van der Waals surface area contributed by atoms with Gasteiger partial charge in [0.1, 0.15) is 0 Å². The summed E-state index contributed by atoms with van der Waals surface area (Å²) in [5.41, 5.74) is 2.98. The molecule has 0 aromatic heterocycles. The highest BCUT2D eigenvalue weighted by Gasteiger charge is 2.25. The quantitative estimate of drug-likeness (QED) is 0.639. The highest BCUT2D eigenvalue weighted by Crippen LogP contribution is 2.32. The Hall–Kier alpha value is -0.820. The Kier molecular flexibility index (Phi) is 2.36. The van der Waals surface area contributed by atoms with E-state index in [9.17, 15) is 0 Å². The molecule has 1 nitrogen and oxygen atoms in total. The van der Waals surface area contributed by atoms with Gasteiger partial charge in [-0.3, -0.25) is 0 Å². The lowest BCUT2D eigenvalue weighted by Gasteiger charge is -2.29. The summed E-state index contributed by atoms with van der Waals surface area (Å²) in [5, 5.41) is 0. The van der Waals surface area contributed by atoms with Crippen molar-refractivity contribution in [2.24, 2.45) is 0 Å². The molecule has 1 aromatic rings. The van der Waals surface area contributed by atoms with Gasteiger partial charge in [0.05, 0.1) is 6.10 Å². The summed E-state index contributed by atoms with van der Waals surface area (Å²) in [6.07, 6.45) is 2.74. The summed E-state index contributed by atoms with van der Waals surface area (Å²) in [5.74, 6) is 0.551. The predicted molar refractivity (Wildman–Crippen MR) is 54.0 cm³/mol. The van der Waals surface area contributed by atoms with Crippen molar-refractivity contribution in [3.05, 3.63) is 35.4 Å². The molecule has 1 aliphatic carbocycles. The Morgan fingerprint density at radius 2 is 2.08 bits per heavy atom. The third-order valence-corrected chi connectivity index (χ3v) is 3.10. The average molecular weight is 176 g/mol. The third-order valence-electron chi connectivity index (χ3n) is 3.10. The van der Waals surface area contributed by atoms with Crippen molar-refractivity contribution in [1.82, 2.24) is 0 Å². The summed E-state index contributed by atoms with van der Waals surface area (Å²) in [7, 11) is 1.81. The van der Waals surface area contributed by atoms with Crippen LogP contribution >= 0.6 is 0 Å². The van der Waals surface area contributed by atoms with E-state index in [2.05, 4.69) is 31.2 Å². The van der Waals surface area contributed by atoms with E-state index in [1.165, 1.54) is 17.5 Å². The molecule has 2 unspecified atom stereocenters. The minimum atomic E-state index is 0.412. The van der Waals surface area contributed by atoms with Gasteiger partial charge in [0.25, 0.3) is 0 Å². The van der Waals surface area contributed by atoms with E-state index < -0.39 is 0 Å². The number of hydrogen-bond acceptors (Lipinski definition) is 1. The van der Waals surface area contributed by atoms with Crippen LogP contribution in [0.25, 0.3) is 0 Å². The van der Waals surface area contributed by atoms with E-state index in [-0.39, 0.29) is 0 Å². The maximum Gasteiger partial charge on any atom is 0.0640 e. The first-order valence-electron chi connectivity index (χ1n) is 4.93. The first kappa shape index (κ1) is 8.76. The van der Waals surface area contributed by atoms with Gasteiger partial charge in [0.15, 0.2) is 0 Å². The molecular formula is C12H16O. The monoisotopic (exact) mass is 176 g/mol. The zero-order chi connectivity index (χ0) is 9.26. The van der Waals surface area contributed by atoms with E-state index >= 15 is 0 Å². The van der Waals surface area contributed by atoms with Crippen molar-refractivity contribution in [3.63, 3.8) is 0 Å². The lowest BCUT2D eigenvalue weighted by molar-refractivity contribution is 0.0712. The lowest BCUT2D eigenvalue weighted by Crippen LogP contribution is -2.25. The van der Waals surface area contributed by atoms with Gasteiger partial charge in [-0.05, 0) is 24.0 Å². The Bertz CT molecular complexity index is 293. The normalized spacial score (nSPS) is 26.9. The fraction of sp³-hybridized carbons (Fsp3) is 0.500. The molecule has 1 aliphatic rings. The molecule has 1 heteroatoms. The topological polar surface area (TPSA) is 9.23 Å². The Labute approximate surface area is 79.7 Å². The summed E-state index contributed by atoms with van der Waals surface area (Å²) in [6, 6.07) is 8.70. The number of fused-ring (bicyclic) bond motifs is 1. The van der Waals surface area contributed by atoms with Crippen molar-refractivity contribution in [2.45, 2.75) is 31.8 Å². The summed E-state index contributed by atoms with van der Waals surface area (Å²) in [4.78, 5) is 0. The molecule has 2 rings (SSSR count). The fourth-order valence-corrected chi connectivity index (χ4v) is 2.28. The van der Waals surface area contributed by atoms with Crippen molar-refractivity contribution >= 4 is 0 Å². The Morgan fingerprint density at radius 1 is 1.31 bits per heavy atom. The van der Waals surface area contributed by atoms with Gasteiger partial charge >= 0.3 is 0 Å². The smallest absolute Gasteiger partial charge is 0.0640 e. The Balaban J connectivity index is 2.33. The number of methoxy groups -OCH3 is 1. The van der Waals surface area contributed by atoms with Crippen LogP contribution in [0, 0.1) is 0 Å². The highest BCUT2D eigenvalue weighted by atomic mass is 16.5. The number of aryl methyl sites for hydroxylation is 1. The maximum absolute atomic E-state index is 5.46. The third kappa shape index (κ3) is 1.49. The molecule has 0 N–H and O–H groups in total. The zero-order valence-corrected chi connectivity index (χ0v) is 8.29. The van der Waals surface area contributed by atoms with Gasteiger partial charge < -0.3 is 4.74 Å². The van der Waals surface area contributed by atoms with E-state index in [4.69, 9.17) is 4.74 Å². The number of rotatable bonds is 1. The van der Waals surface area contributed by atoms with Gasteiger partial charge in [0.2, 0.25) is 0 Å². The molecule has 13 heavy (non-hydrogen) atoms. The number of benzene rings is 1. The van der Waals surface area contributed by atoms with Crippen molar-refractivity contribution < 1.29 is 4.74 Å². The highest BCUT2D eigenvalue weighted by molar-refractivity contribution is 5.33. The second-order valence-electron chi connectivity index (χ2n) is 3.80. The molecule has 0 bridgehead atoms. The molecule has 0 fully saturated rings. The SMILES string of the molecule is COC1CCc2ccccc2C1C. The molecular weight excluding hydrogens is 160 g/mol. The molecule has 0 spiro atoms. The molecule has 0 saturated heterocycles. The summed E-state index contributed by atoms with van der Waals surface area (Å²) in [6.45, 7) is 2.26. The van der Waals surface area contributed by atoms with Crippen LogP contribution in [0.15, 0.2) is 24.3 Å². The Morgan fingerprint density at radius 3 is 2.85 bits per heavy atom. The van der Waals surface area contributed by atoms with Crippen molar-refractivity contribution in [1.29, 1.82) is 0 Å². The first-order valence-corrected chi connectivity index (χ1v) is 4.93. The van der Waals surface area contributed by atoms with Crippen LogP contribution in [-0.4, -0.2) is 13.2 Å². The predicted octanol–water partition coefficient (Wildman–Crippen LogP) is 2.75. The standard InChI is InChI=1S/C12H16O/c1-9-11-6-4-3-5-10(11)7-8-12(9)13-2/h3-6,9,12H,7-8H2,1-2H3. The average Bonchev–Trinajstić information content (AvgIpc) is 2.19. The van der Waals surface area contributed by atoms with Crippen LogP contribution in [-0.2, 0) is 11.2 Å². The minimum Gasteiger partial charge on any atom is -0.381 e. The molecule has 0 aliphatic heterocycles. The largest absolute Gasteiger partial charge is 0.381 e. The van der Waals surface area contributed by atoms with E-state index in [1.807, 2.05) is 7.11 Å². The van der Waals surface area contributed by atoms with Crippen LogP contribution < -0.4 is 0 Å². The molecule has 0 radical (unpaired) electrons. The number of ether oxygens (including phenoxy) is 1. The van der Waals surface area contributed by atoms with E-state index in [1.54, 1.807) is 0 Å². The zero-order valence-electron chi connectivity index (χ0n) is 8.29. The second kappa shape index (κ2) is 3.51. The maximum atomic E-state index is 5.46. The van der Waals surface area contributed by atoms with Gasteiger partial charge in [-0.1, -0.05) is 31.2 Å². The molecule has 0 heterocycles. The van der Waals surface area contributed by atoms with Gasteiger partial charge in [-0.2, -0.15) is 0 Å². The van der Waals surface area contributed by atoms with Crippen molar-refractivity contribution in [2.75, 3.05) is 7.11 Å². The second-order valence-corrected chi connectivity index (χ2v) is 3.80. The van der Waals surface area contributed by atoms with Crippen LogP contribution in [0.1, 0.15) is 30.4 Å². The van der Waals surface area contributed by atoms with Gasteiger partial charge in [-0.25, -0.2) is 0 Å². The van der Waals surface area contributed by atoms with Crippen LogP contribution in [0.4, 0.5) is 0 Å². The van der Waals surface area contributed by atoms with Crippen molar-refractivity contribution in [3.8, 4) is 0 Å². The van der Waals surface area contributed by atoms with E-state index in [0.717, 1.165) is 6.42 Å². The first-order chi connectivity index (χ1) is 6.33. The van der Waals surface area contributed by atoms with Gasteiger partial charge in [-0.15, -0.1) is 0 Å². The lowest BCUT2D eigenvalue weighted by atomic mass is 9.82. The van der Waals surface area contributed by atoms with Crippen LogP contribution in [0.3, 0.4) is 0 Å². The molecule has 70 valence electrons. The fourth-order valence-electron chi connectivity index (χ4n) is 2.28. The molecule has 0 saturated carbocycles. The summed E-state index contributed by atoms with van der Waals surface area (Å²) >= 11 is 0. The van der Waals surface area contributed by atoms with Crippen LogP contribution in [0.5, 0.6) is 0 Å². The molecule has 0 amide bonds. The molecule has 1 aromatic carbocycles. The number of hydrogen-bond donors (Lipinski definition) is 0. The van der Waals surface area contributed by atoms with Crippen LogP contribution in [0.2, 0.25) is 0 Å².